The molecular weight excluding hydrogens is 356 g/mol. The number of fused-ring (bicyclic) bond motifs is 1. The second-order valence-corrected chi connectivity index (χ2v) is 7.19. The first-order chi connectivity index (χ1) is 13.7. The maximum absolute atomic E-state index is 12.9. The first kappa shape index (κ1) is 18.8. The van der Waals surface area contributed by atoms with E-state index < -0.39 is 0 Å². The van der Waals surface area contributed by atoms with Crippen LogP contribution in [0.15, 0.2) is 30.5 Å². The van der Waals surface area contributed by atoms with Gasteiger partial charge in [0.1, 0.15) is 18.2 Å². The summed E-state index contributed by atoms with van der Waals surface area (Å²) in [5.41, 5.74) is 2.78. The molecule has 7 nitrogen and oxygen atoms in total. The molecule has 0 unspecified atom stereocenters. The van der Waals surface area contributed by atoms with E-state index in [2.05, 4.69) is 10.3 Å². The average Bonchev–Trinajstić information content (AvgIpc) is 3.28. The van der Waals surface area contributed by atoms with E-state index in [0.717, 1.165) is 42.2 Å². The van der Waals surface area contributed by atoms with Crippen LogP contribution in [0, 0.1) is 0 Å². The van der Waals surface area contributed by atoms with Gasteiger partial charge in [0, 0.05) is 43.9 Å². The number of benzene rings is 1. The van der Waals surface area contributed by atoms with Crippen molar-refractivity contribution in [1.82, 2.24) is 20.2 Å². The highest BCUT2D eigenvalue weighted by molar-refractivity contribution is 5.94. The molecule has 2 aromatic rings. The van der Waals surface area contributed by atoms with E-state index in [1.807, 2.05) is 35.4 Å². The van der Waals surface area contributed by atoms with Crippen LogP contribution in [0.3, 0.4) is 0 Å². The Morgan fingerprint density at radius 2 is 2.14 bits per heavy atom. The Morgan fingerprint density at radius 1 is 1.29 bits per heavy atom. The van der Waals surface area contributed by atoms with Gasteiger partial charge in [0.2, 0.25) is 0 Å². The number of amides is 1. The van der Waals surface area contributed by atoms with Crippen LogP contribution in [0.4, 0.5) is 0 Å². The van der Waals surface area contributed by atoms with Gasteiger partial charge in [-0.15, -0.1) is 0 Å². The van der Waals surface area contributed by atoms with Gasteiger partial charge in [-0.2, -0.15) is 0 Å². The smallest absolute Gasteiger partial charge is 0.254 e. The van der Waals surface area contributed by atoms with Crippen molar-refractivity contribution < 1.29 is 14.3 Å². The van der Waals surface area contributed by atoms with E-state index in [0.29, 0.717) is 31.9 Å². The van der Waals surface area contributed by atoms with Crippen LogP contribution in [0.2, 0.25) is 0 Å². The molecule has 0 spiro atoms. The number of carbonyl (C=O) groups is 1. The zero-order chi connectivity index (χ0) is 19.3. The second-order valence-electron chi connectivity index (χ2n) is 7.19. The Balaban J connectivity index is 1.40. The molecule has 2 aliphatic heterocycles. The van der Waals surface area contributed by atoms with Gasteiger partial charge in [0.05, 0.1) is 18.3 Å². The van der Waals surface area contributed by atoms with Gasteiger partial charge in [-0.25, -0.2) is 9.97 Å². The van der Waals surface area contributed by atoms with Crippen molar-refractivity contribution in [3.8, 4) is 5.75 Å². The molecule has 7 heteroatoms. The maximum atomic E-state index is 12.9. The third-order valence-corrected chi connectivity index (χ3v) is 5.27. The van der Waals surface area contributed by atoms with Crippen molar-refractivity contribution in [2.75, 3.05) is 33.4 Å². The van der Waals surface area contributed by atoms with Gasteiger partial charge in [-0.1, -0.05) is 0 Å². The molecule has 1 amide bonds. The third kappa shape index (κ3) is 4.15. The molecule has 2 aliphatic rings. The lowest BCUT2D eigenvalue weighted by Crippen LogP contribution is -2.36. The highest BCUT2D eigenvalue weighted by Gasteiger charge is 2.25. The van der Waals surface area contributed by atoms with Gasteiger partial charge in [0.15, 0.2) is 0 Å². The minimum atomic E-state index is 0.0237. The normalized spacial score (nSPS) is 18.8. The predicted octanol–water partition coefficient (Wildman–Crippen LogP) is 2.12. The summed E-state index contributed by atoms with van der Waals surface area (Å²) in [6.07, 6.45) is 4.92. The van der Waals surface area contributed by atoms with Gasteiger partial charge in [0.25, 0.3) is 5.91 Å². The van der Waals surface area contributed by atoms with Gasteiger partial charge in [-0.05, 0) is 43.7 Å². The Bertz CT molecular complexity index is 819. The lowest BCUT2D eigenvalue weighted by Gasteiger charge is -2.28. The number of methoxy groups -OCH3 is 1. The van der Waals surface area contributed by atoms with E-state index in [4.69, 9.17) is 14.5 Å². The zero-order valence-electron chi connectivity index (χ0n) is 16.2. The fourth-order valence-electron chi connectivity index (χ4n) is 3.70. The summed E-state index contributed by atoms with van der Waals surface area (Å²) in [6, 6.07) is 7.54. The predicted molar refractivity (Wildman–Crippen MR) is 104 cm³/mol. The molecule has 1 aromatic heterocycles. The molecule has 28 heavy (non-hydrogen) atoms. The fraction of sp³-hybridized carbons (Fsp3) is 0.476. The highest BCUT2D eigenvalue weighted by atomic mass is 16.5. The number of nitrogens with zero attached hydrogens (tertiary/aromatic N) is 3. The van der Waals surface area contributed by atoms with Gasteiger partial charge >= 0.3 is 0 Å². The van der Waals surface area contributed by atoms with Gasteiger partial charge in [-0.3, -0.25) is 4.79 Å². The van der Waals surface area contributed by atoms with Crippen LogP contribution in [0.1, 0.15) is 46.3 Å². The standard InChI is InChI=1S/C21H26N4O3/c1-27-11-12-28-17-6-4-15(5-7-17)21(26)25-10-8-18-16(14-25)13-23-20(24-18)19-3-2-9-22-19/h4-7,13,19,22H,2-3,8-12,14H2,1H3/t19-/m1/s1. The molecule has 148 valence electrons. The van der Waals surface area contributed by atoms with E-state index in [9.17, 15) is 4.79 Å². The van der Waals surface area contributed by atoms with Crippen LogP contribution >= 0.6 is 0 Å². The topological polar surface area (TPSA) is 76.6 Å². The molecule has 0 bridgehead atoms. The molecular formula is C21H26N4O3. The van der Waals surface area contributed by atoms with E-state index in [1.54, 1.807) is 7.11 Å². The number of rotatable bonds is 6. The summed E-state index contributed by atoms with van der Waals surface area (Å²) in [5.74, 6) is 1.65. The highest BCUT2D eigenvalue weighted by Crippen LogP contribution is 2.24. The minimum Gasteiger partial charge on any atom is -0.491 e. The van der Waals surface area contributed by atoms with E-state index >= 15 is 0 Å². The molecule has 0 saturated carbocycles. The number of carbonyl (C=O) groups excluding carboxylic acids is 1. The fourth-order valence-corrected chi connectivity index (χ4v) is 3.70. The minimum absolute atomic E-state index is 0.0237. The average molecular weight is 382 g/mol. The second kappa shape index (κ2) is 8.67. The summed E-state index contributed by atoms with van der Waals surface area (Å²) in [7, 11) is 1.64. The largest absolute Gasteiger partial charge is 0.491 e. The van der Waals surface area contributed by atoms with Crippen LogP contribution in [-0.4, -0.2) is 54.2 Å². The first-order valence-corrected chi connectivity index (χ1v) is 9.84. The maximum Gasteiger partial charge on any atom is 0.254 e. The molecule has 0 radical (unpaired) electrons. The lowest BCUT2D eigenvalue weighted by molar-refractivity contribution is 0.0733. The zero-order valence-corrected chi connectivity index (χ0v) is 16.2. The number of hydrogen-bond acceptors (Lipinski definition) is 6. The SMILES string of the molecule is COCCOc1ccc(C(=O)N2CCc3nc([C@H]4CCCN4)ncc3C2)cc1. The Hall–Kier alpha value is -2.51. The lowest BCUT2D eigenvalue weighted by atomic mass is 10.1. The van der Waals surface area contributed by atoms with Crippen LogP contribution in [-0.2, 0) is 17.7 Å². The van der Waals surface area contributed by atoms with Crippen molar-refractivity contribution in [2.24, 2.45) is 0 Å². The summed E-state index contributed by atoms with van der Waals surface area (Å²) in [5, 5.41) is 3.44. The molecule has 1 atom stereocenters. The first-order valence-electron chi connectivity index (χ1n) is 9.84. The molecule has 1 saturated heterocycles. The molecule has 1 aromatic carbocycles. The number of nitrogens with one attached hydrogen (secondary N) is 1. The summed E-state index contributed by atoms with van der Waals surface area (Å²) < 4.78 is 10.5. The molecule has 4 rings (SSSR count). The summed E-state index contributed by atoms with van der Waals surface area (Å²) in [6.45, 7) is 3.29. The Morgan fingerprint density at radius 3 is 2.89 bits per heavy atom. The van der Waals surface area contributed by atoms with Crippen molar-refractivity contribution in [2.45, 2.75) is 31.8 Å². The number of aromatic nitrogens is 2. The Labute approximate surface area is 165 Å². The monoisotopic (exact) mass is 382 g/mol. The van der Waals surface area contributed by atoms with E-state index in [1.165, 1.54) is 6.42 Å². The van der Waals surface area contributed by atoms with Crippen LogP contribution in [0.5, 0.6) is 5.75 Å². The number of hydrogen-bond donors (Lipinski definition) is 1. The summed E-state index contributed by atoms with van der Waals surface area (Å²) >= 11 is 0. The third-order valence-electron chi connectivity index (χ3n) is 5.27. The van der Waals surface area contributed by atoms with Crippen molar-refractivity contribution in [3.05, 3.63) is 53.1 Å². The van der Waals surface area contributed by atoms with E-state index in [-0.39, 0.29) is 11.9 Å². The molecule has 1 fully saturated rings. The summed E-state index contributed by atoms with van der Waals surface area (Å²) in [4.78, 5) is 24.1. The number of ether oxygens (including phenoxy) is 2. The van der Waals surface area contributed by atoms with Crippen molar-refractivity contribution in [3.63, 3.8) is 0 Å². The van der Waals surface area contributed by atoms with Crippen molar-refractivity contribution in [1.29, 1.82) is 0 Å². The molecule has 3 heterocycles. The molecule has 1 N–H and O–H groups in total. The van der Waals surface area contributed by atoms with Crippen LogP contribution < -0.4 is 10.1 Å². The molecule has 0 aliphatic carbocycles. The van der Waals surface area contributed by atoms with Crippen LogP contribution in [0.25, 0.3) is 0 Å². The van der Waals surface area contributed by atoms with Crippen molar-refractivity contribution >= 4 is 5.91 Å². The quantitative estimate of drug-likeness (QED) is 0.772. The van der Waals surface area contributed by atoms with Gasteiger partial charge < -0.3 is 19.7 Å². The Kier molecular flexibility index (Phi) is 5.83.